The number of halogens is 1. The first-order valence-electron chi connectivity index (χ1n) is 10.3. The fourth-order valence-electron chi connectivity index (χ4n) is 3.17. The van der Waals surface area contributed by atoms with Gasteiger partial charge in [0.15, 0.2) is 5.96 Å². The minimum atomic E-state index is 0. The maximum absolute atomic E-state index is 6.00. The molecule has 2 N–H and O–H groups in total. The number of para-hydroxylation sites is 1. The molecule has 3 rings (SSSR count). The van der Waals surface area contributed by atoms with Gasteiger partial charge in [-0.05, 0) is 50.3 Å². The van der Waals surface area contributed by atoms with E-state index >= 15 is 0 Å². The minimum Gasteiger partial charge on any atom is -0.492 e. The van der Waals surface area contributed by atoms with Crippen LogP contribution in [0, 0.1) is 0 Å². The van der Waals surface area contributed by atoms with Crippen LogP contribution in [0.25, 0.3) is 0 Å². The number of likely N-dealkylation sites (N-methyl/N-ethyl adjacent to an activating group) is 1. The van der Waals surface area contributed by atoms with Gasteiger partial charge in [-0.1, -0.05) is 30.3 Å². The summed E-state index contributed by atoms with van der Waals surface area (Å²) < 4.78 is 11.8. The van der Waals surface area contributed by atoms with Crippen LogP contribution < -0.4 is 20.1 Å². The Balaban J connectivity index is 0.00000320. The summed E-state index contributed by atoms with van der Waals surface area (Å²) in [6, 6.07) is 16.4. The molecule has 0 amide bonds. The first-order chi connectivity index (χ1) is 14.1. The van der Waals surface area contributed by atoms with E-state index in [2.05, 4.69) is 46.7 Å². The summed E-state index contributed by atoms with van der Waals surface area (Å²) in [7, 11) is 4.08. The number of hydrogen-bond acceptors (Lipinski definition) is 4. The summed E-state index contributed by atoms with van der Waals surface area (Å²) in [6.45, 7) is 5.75. The van der Waals surface area contributed by atoms with E-state index in [0.29, 0.717) is 19.7 Å². The van der Waals surface area contributed by atoms with Crippen molar-refractivity contribution in [1.82, 2.24) is 15.5 Å². The zero-order chi connectivity index (χ0) is 20.5. The van der Waals surface area contributed by atoms with Crippen molar-refractivity contribution >= 4 is 29.9 Å². The second-order valence-corrected chi connectivity index (χ2v) is 7.43. The first-order valence-corrected chi connectivity index (χ1v) is 10.3. The highest BCUT2D eigenvalue weighted by molar-refractivity contribution is 14.0. The van der Waals surface area contributed by atoms with Crippen molar-refractivity contribution < 1.29 is 9.47 Å². The molecule has 1 unspecified atom stereocenters. The van der Waals surface area contributed by atoms with Crippen LogP contribution in [0.5, 0.6) is 11.5 Å². The number of rotatable bonds is 9. The Kier molecular flexibility index (Phi) is 10.2. The number of nitrogens with zero attached hydrogens (tertiary/aromatic N) is 2. The first kappa shape index (κ1) is 24.3. The third-order valence-electron chi connectivity index (χ3n) is 4.68. The van der Waals surface area contributed by atoms with Crippen molar-refractivity contribution in [2.24, 2.45) is 4.99 Å². The van der Waals surface area contributed by atoms with Crippen LogP contribution in [0.4, 0.5) is 0 Å². The number of ether oxygens (including phenoxy) is 2. The van der Waals surface area contributed by atoms with Gasteiger partial charge in [0.25, 0.3) is 0 Å². The highest BCUT2D eigenvalue weighted by Crippen LogP contribution is 2.27. The Hall–Kier alpha value is -2.00. The molecule has 0 spiro atoms. The molecule has 0 bridgehead atoms. The van der Waals surface area contributed by atoms with E-state index < -0.39 is 0 Å². The standard InChI is InChI=1S/C23H32N4O2.HI/c1-4-24-23(26-17-21-15-19-9-5-6-11-22(19)29-21)25-16-18-8-7-10-20(14-18)28-13-12-27(2)3;/h5-11,14,21H,4,12-13,15-17H2,1-3H3,(H2,24,25,26);1H. The van der Waals surface area contributed by atoms with Crippen molar-refractivity contribution in [3.63, 3.8) is 0 Å². The van der Waals surface area contributed by atoms with Crippen molar-refractivity contribution in [3.05, 3.63) is 59.7 Å². The summed E-state index contributed by atoms with van der Waals surface area (Å²) in [6.07, 6.45) is 1.05. The van der Waals surface area contributed by atoms with Crippen molar-refractivity contribution in [2.45, 2.75) is 26.0 Å². The zero-order valence-corrected chi connectivity index (χ0v) is 20.4. The van der Waals surface area contributed by atoms with Gasteiger partial charge in [0.2, 0.25) is 0 Å². The highest BCUT2D eigenvalue weighted by atomic mass is 127. The maximum Gasteiger partial charge on any atom is 0.191 e. The average molecular weight is 524 g/mol. The third kappa shape index (κ3) is 7.68. The number of nitrogens with one attached hydrogen (secondary N) is 2. The van der Waals surface area contributed by atoms with Crippen LogP contribution in [-0.4, -0.2) is 57.3 Å². The number of guanidine groups is 1. The summed E-state index contributed by atoms with van der Waals surface area (Å²) in [5.41, 5.74) is 2.39. The van der Waals surface area contributed by atoms with Crippen molar-refractivity contribution in [3.8, 4) is 11.5 Å². The van der Waals surface area contributed by atoms with Crippen LogP contribution in [-0.2, 0) is 13.0 Å². The van der Waals surface area contributed by atoms with Gasteiger partial charge in [0.1, 0.15) is 24.2 Å². The third-order valence-corrected chi connectivity index (χ3v) is 4.68. The molecule has 1 atom stereocenters. The van der Waals surface area contributed by atoms with Gasteiger partial charge < -0.3 is 25.0 Å². The molecule has 0 saturated carbocycles. The van der Waals surface area contributed by atoms with Crippen LogP contribution >= 0.6 is 24.0 Å². The summed E-state index contributed by atoms with van der Waals surface area (Å²) >= 11 is 0. The number of benzene rings is 2. The average Bonchev–Trinajstić information content (AvgIpc) is 3.13. The number of fused-ring (bicyclic) bond motifs is 1. The monoisotopic (exact) mass is 524 g/mol. The number of aliphatic imine (C=N–C) groups is 1. The van der Waals surface area contributed by atoms with Crippen molar-refractivity contribution in [2.75, 3.05) is 40.3 Å². The molecule has 1 aliphatic heterocycles. The molecule has 2 aromatic rings. The Morgan fingerprint density at radius 3 is 2.77 bits per heavy atom. The second kappa shape index (κ2) is 12.6. The lowest BCUT2D eigenvalue weighted by Crippen LogP contribution is -2.42. The second-order valence-electron chi connectivity index (χ2n) is 7.43. The van der Waals surface area contributed by atoms with Gasteiger partial charge in [0, 0.05) is 19.5 Å². The molecule has 1 aliphatic rings. The van der Waals surface area contributed by atoms with Crippen LogP contribution in [0.2, 0.25) is 0 Å². The summed E-state index contributed by atoms with van der Waals surface area (Å²) in [5, 5.41) is 6.71. The molecule has 2 aromatic carbocycles. The van der Waals surface area contributed by atoms with E-state index in [0.717, 1.165) is 42.5 Å². The fourth-order valence-corrected chi connectivity index (χ4v) is 3.17. The Bertz CT molecular complexity index is 788. The van der Waals surface area contributed by atoms with E-state index in [-0.39, 0.29) is 30.1 Å². The van der Waals surface area contributed by atoms with Gasteiger partial charge in [-0.3, -0.25) is 0 Å². The molecule has 164 valence electrons. The molecule has 0 radical (unpaired) electrons. The molecule has 0 aliphatic carbocycles. The molecule has 6 nitrogen and oxygen atoms in total. The quantitative estimate of drug-likeness (QED) is 0.300. The van der Waals surface area contributed by atoms with Gasteiger partial charge in [-0.25, -0.2) is 4.99 Å². The Morgan fingerprint density at radius 1 is 1.17 bits per heavy atom. The molecule has 0 aromatic heterocycles. The van der Waals surface area contributed by atoms with Gasteiger partial charge >= 0.3 is 0 Å². The van der Waals surface area contributed by atoms with E-state index in [9.17, 15) is 0 Å². The van der Waals surface area contributed by atoms with Crippen LogP contribution in [0.3, 0.4) is 0 Å². The van der Waals surface area contributed by atoms with E-state index in [1.807, 2.05) is 38.4 Å². The van der Waals surface area contributed by atoms with E-state index in [4.69, 9.17) is 14.5 Å². The largest absolute Gasteiger partial charge is 0.492 e. The summed E-state index contributed by atoms with van der Waals surface area (Å²) in [4.78, 5) is 6.82. The fraction of sp³-hybridized carbons (Fsp3) is 0.435. The van der Waals surface area contributed by atoms with Crippen LogP contribution in [0.1, 0.15) is 18.1 Å². The normalized spacial score (nSPS) is 15.2. The van der Waals surface area contributed by atoms with Crippen molar-refractivity contribution in [1.29, 1.82) is 0 Å². The molecule has 30 heavy (non-hydrogen) atoms. The lowest BCUT2D eigenvalue weighted by molar-refractivity contribution is 0.235. The molecule has 7 heteroatoms. The summed E-state index contributed by atoms with van der Waals surface area (Å²) in [5.74, 6) is 2.67. The molecule has 0 saturated heterocycles. The Labute approximate surface area is 197 Å². The van der Waals surface area contributed by atoms with Gasteiger partial charge in [-0.15, -0.1) is 24.0 Å². The lowest BCUT2D eigenvalue weighted by Gasteiger charge is -2.15. The molecule has 1 heterocycles. The SMILES string of the molecule is CCNC(=NCc1cccc(OCCN(C)C)c1)NCC1Cc2ccccc2O1.I. The topological polar surface area (TPSA) is 58.1 Å². The zero-order valence-electron chi connectivity index (χ0n) is 18.1. The van der Waals surface area contributed by atoms with Gasteiger partial charge in [0.05, 0.1) is 13.1 Å². The smallest absolute Gasteiger partial charge is 0.191 e. The molecular weight excluding hydrogens is 491 g/mol. The highest BCUT2D eigenvalue weighted by Gasteiger charge is 2.22. The van der Waals surface area contributed by atoms with E-state index in [1.54, 1.807) is 0 Å². The minimum absolute atomic E-state index is 0. The predicted octanol–water partition coefficient (Wildman–Crippen LogP) is 3.30. The lowest BCUT2D eigenvalue weighted by atomic mass is 10.1. The van der Waals surface area contributed by atoms with E-state index in [1.165, 1.54) is 5.56 Å². The Morgan fingerprint density at radius 2 is 2.00 bits per heavy atom. The van der Waals surface area contributed by atoms with Gasteiger partial charge in [-0.2, -0.15) is 0 Å². The molecule has 0 fully saturated rings. The maximum atomic E-state index is 6.00. The predicted molar refractivity (Wildman–Crippen MR) is 133 cm³/mol. The van der Waals surface area contributed by atoms with Crippen LogP contribution in [0.15, 0.2) is 53.5 Å². The molecular formula is C23H33IN4O2. The number of hydrogen-bond donors (Lipinski definition) is 2.